The predicted molar refractivity (Wildman–Crippen MR) is 89.2 cm³/mol. The molecule has 2 aromatic carbocycles. The molecular weight excluding hydrogens is 330 g/mol. The first kappa shape index (κ1) is 15.5. The van der Waals surface area contributed by atoms with Crippen LogP contribution >= 0.6 is 15.9 Å². The number of hydrogen-bond acceptors (Lipinski definition) is 3. The number of rotatable bonds is 6. The van der Waals surface area contributed by atoms with Gasteiger partial charge < -0.3 is 16.4 Å². The minimum Gasteiger partial charge on any atom is -0.366 e. The zero-order chi connectivity index (χ0) is 15.2. The second kappa shape index (κ2) is 7.24. The Balaban J connectivity index is 2.37. The van der Waals surface area contributed by atoms with Crippen LogP contribution in [-0.4, -0.2) is 19.0 Å². The van der Waals surface area contributed by atoms with Gasteiger partial charge in [0.15, 0.2) is 0 Å². The molecule has 0 radical (unpaired) electrons. The molecule has 0 heterocycles. The lowest BCUT2D eigenvalue weighted by molar-refractivity contribution is 0.100. The number of benzene rings is 2. The van der Waals surface area contributed by atoms with Crippen molar-refractivity contribution in [1.29, 1.82) is 0 Å². The molecule has 4 N–H and O–H groups in total. The maximum Gasteiger partial charge on any atom is 0.250 e. The molecule has 0 bridgehead atoms. The fourth-order valence-corrected chi connectivity index (χ4v) is 2.57. The molecule has 0 aliphatic heterocycles. The topological polar surface area (TPSA) is 72.3 Å². The van der Waals surface area contributed by atoms with Crippen LogP contribution in [0.3, 0.4) is 0 Å². The summed E-state index contributed by atoms with van der Waals surface area (Å²) in [5.74, 6) is -0.437. The van der Waals surface area contributed by atoms with Gasteiger partial charge in [-0.3, -0.25) is 4.79 Å². The average Bonchev–Trinajstić information content (AvgIpc) is 2.47. The molecule has 0 saturated heterocycles. The van der Waals surface area contributed by atoms with Crippen molar-refractivity contribution in [2.45, 2.75) is 6.54 Å². The molecule has 21 heavy (non-hydrogen) atoms. The first-order valence-electron chi connectivity index (χ1n) is 6.70. The molecule has 0 aliphatic rings. The molecule has 0 unspecified atom stereocenters. The maximum atomic E-state index is 11.6. The number of hydrogen-bond donors (Lipinski definition) is 2. The smallest absolute Gasteiger partial charge is 0.250 e. The third-order valence-electron chi connectivity index (χ3n) is 3.18. The van der Waals surface area contributed by atoms with Crippen LogP contribution in [0.25, 0.3) is 0 Å². The van der Waals surface area contributed by atoms with Gasteiger partial charge in [-0.1, -0.05) is 46.3 Å². The molecule has 0 aromatic heterocycles. The molecule has 4 nitrogen and oxygen atoms in total. The summed E-state index contributed by atoms with van der Waals surface area (Å²) in [6, 6.07) is 15.5. The summed E-state index contributed by atoms with van der Waals surface area (Å²) in [6.07, 6.45) is 0. The highest BCUT2D eigenvalue weighted by Crippen LogP contribution is 2.26. The van der Waals surface area contributed by atoms with Gasteiger partial charge in [0.1, 0.15) is 0 Å². The van der Waals surface area contributed by atoms with Crippen molar-refractivity contribution in [3.8, 4) is 0 Å². The number of nitrogens with two attached hydrogens (primary N) is 2. The Morgan fingerprint density at radius 2 is 1.86 bits per heavy atom. The van der Waals surface area contributed by atoms with Crippen LogP contribution in [0.5, 0.6) is 0 Å². The average molecular weight is 348 g/mol. The fourth-order valence-electron chi connectivity index (χ4n) is 2.22. The van der Waals surface area contributed by atoms with Gasteiger partial charge >= 0.3 is 0 Å². The number of primary amides is 1. The van der Waals surface area contributed by atoms with Gasteiger partial charge in [-0.05, 0) is 23.8 Å². The molecular formula is C16H18BrN3O. The van der Waals surface area contributed by atoms with Crippen molar-refractivity contribution in [1.82, 2.24) is 0 Å². The van der Waals surface area contributed by atoms with Gasteiger partial charge in [-0.25, -0.2) is 0 Å². The lowest BCUT2D eigenvalue weighted by Crippen LogP contribution is -2.31. The quantitative estimate of drug-likeness (QED) is 0.843. The Kier molecular flexibility index (Phi) is 5.36. The Hall–Kier alpha value is -1.85. The van der Waals surface area contributed by atoms with Crippen molar-refractivity contribution < 1.29 is 4.79 Å². The Bertz CT molecular complexity index is 616. The van der Waals surface area contributed by atoms with E-state index in [-0.39, 0.29) is 0 Å². The van der Waals surface area contributed by atoms with Crippen LogP contribution < -0.4 is 16.4 Å². The van der Waals surface area contributed by atoms with Crippen molar-refractivity contribution in [2.24, 2.45) is 11.5 Å². The van der Waals surface area contributed by atoms with Crippen molar-refractivity contribution in [2.75, 3.05) is 18.0 Å². The highest BCUT2D eigenvalue weighted by atomic mass is 79.9. The normalized spacial score (nSPS) is 10.4. The van der Waals surface area contributed by atoms with E-state index in [1.807, 2.05) is 42.5 Å². The standard InChI is InChI=1S/C16H18BrN3O/c17-13-6-7-14(16(19)21)15(10-13)20(9-8-18)11-12-4-2-1-3-5-12/h1-7,10H,8-9,11,18H2,(H2,19,21). The first-order valence-corrected chi connectivity index (χ1v) is 7.49. The van der Waals surface area contributed by atoms with Crippen molar-refractivity contribution in [3.05, 3.63) is 64.1 Å². The Labute approximate surface area is 132 Å². The van der Waals surface area contributed by atoms with E-state index in [0.29, 0.717) is 25.2 Å². The molecule has 0 spiro atoms. The highest BCUT2D eigenvalue weighted by Gasteiger charge is 2.15. The monoisotopic (exact) mass is 347 g/mol. The SMILES string of the molecule is NCCN(Cc1ccccc1)c1cc(Br)ccc1C(N)=O. The molecule has 5 heteroatoms. The molecule has 2 rings (SSSR count). The summed E-state index contributed by atoms with van der Waals surface area (Å²) in [6.45, 7) is 1.82. The molecule has 0 fully saturated rings. The van der Waals surface area contributed by atoms with Crippen LogP contribution in [-0.2, 0) is 6.54 Å². The van der Waals surface area contributed by atoms with Crippen LogP contribution in [0.2, 0.25) is 0 Å². The van der Waals surface area contributed by atoms with Crippen molar-refractivity contribution >= 4 is 27.5 Å². The van der Waals surface area contributed by atoms with E-state index in [9.17, 15) is 4.79 Å². The minimum atomic E-state index is -0.437. The van der Waals surface area contributed by atoms with Crippen LogP contribution in [0.4, 0.5) is 5.69 Å². The zero-order valence-corrected chi connectivity index (χ0v) is 13.2. The second-order valence-electron chi connectivity index (χ2n) is 4.72. The van der Waals surface area contributed by atoms with Crippen LogP contribution in [0, 0.1) is 0 Å². The summed E-state index contributed by atoms with van der Waals surface area (Å²) in [5.41, 5.74) is 13.6. The number of anilines is 1. The maximum absolute atomic E-state index is 11.6. The van der Waals surface area contributed by atoms with Gasteiger partial charge in [-0.15, -0.1) is 0 Å². The summed E-state index contributed by atoms with van der Waals surface area (Å²) in [4.78, 5) is 13.7. The number of halogens is 1. The largest absolute Gasteiger partial charge is 0.366 e. The van der Waals surface area contributed by atoms with Crippen LogP contribution in [0.15, 0.2) is 53.0 Å². The Morgan fingerprint density at radius 3 is 2.48 bits per heavy atom. The lowest BCUT2D eigenvalue weighted by Gasteiger charge is -2.26. The molecule has 110 valence electrons. The second-order valence-corrected chi connectivity index (χ2v) is 5.64. The van der Waals surface area contributed by atoms with E-state index >= 15 is 0 Å². The van der Waals surface area contributed by atoms with E-state index in [0.717, 1.165) is 15.7 Å². The van der Waals surface area contributed by atoms with E-state index in [2.05, 4.69) is 20.8 Å². The molecule has 0 saturated carbocycles. The number of amides is 1. The van der Waals surface area contributed by atoms with E-state index in [4.69, 9.17) is 11.5 Å². The lowest BCUT2D eigenvalue weighted by atomic mass is 10.1. The van der Waals surface area contributed by atoms with Gasteiger partial charge in [-0.2, -0.15) is 0 Å². The Morgan fingerprint density at radius 1 is 1.14 bits per heavy atom. The van der Waals surface area contributed by atoms with Crippen LogP contribution in [0.1, 0.15) is 15.9 Å². The fraction of sp³-hybridized carbons (Fsp3) is 0.188. The molecule has 0 atom stereocenters. The molecule has 0 aliphatic carbocycles. The summed E-state index contributed by atoms with van der Waals surface area (Å²) in [7, 11) is 0. The van der Waals surface area contributed by atoms with Gasteiger partial charge in [0.2, 0.25) is 0 Å². The molecule has 1 amide bonds. The van der Waals surface area contributed by atoms with Crippen molar-refractivity contribution in [3.63, 3.8) is 0 Å². The molecule has 2 aromatic rings. The third kappa shape index (κ3) is 4.06. The number of carbonyl (C=O) groups excluding carboxylic acids is 1. The van der Waals surface area contributed by atoms with E-state index < -0.39 is 5.91 Å². The summed E-state index contributed by atoms with van der Waals surface area (Å²) in [5, 5.41) is 0. The highest BCUT2D eigenvalue weighted by molar-refractivity contribution is 9.10. The minimum absolute atomic E-state index is 0.437. The van der Waals surface area contributed by atoms with Gasteiger partial charge in [0, 0.05) is 24.1 Å². The number of carbonyl (C=O) groups is 1. The van der Waals surface area contributed by atoms with Gasteiger partial charge in [0.25, 0.3) is 5.91 Å². The van der Waals surface area contributed by atoms with E-state index in [1.165, 1.54) is 0 Å². The predicted octanol–water partition coefficient (Wildman–Crippen LogP) is 2.51. The zero-order valence-electron chi connectivity index (χ0n) is 11.6. The van der Waals surface area contributed by atoms with E-state index in [1.54, 1.807) is 6.07 Å². The summed E-state index contributed by atoms with van der Waals surface area (Å²) < 4.78 is 0.901. The van der Waals surface area contributed by atoms with Gasteiger partial charge in [0.05, 0.1) is 11.3 Å². The summed E-state index contributed by atoms with van der Waals surface area (Å²) >= 11 is 3.44. The number of nitrogens with zero attached hydrogens (tertiary/aromatic N) is 1. The third-order valence-corrected chi connectivity index (χ3v) is 3.67. The first-order chi connectivity index (χ1) is 10.1.